The fourth-order valence-corrected chi connectivity index (χ4v) is 2.19. The number of nitrogens with zero attached hydrogens (tertiary/aromatic N) is 3. The largest absolute Gasteiger partial charge is 0.497 e. The zero-order valence-electron chi connectivity index (χ0n) is 12.4. The molecule has 1 N–H and O–H groups in total. The number of aromatic nitrogens is 2. The van der Waals surface area contributed by atoms with E-state index in [2.05, 4.69) is 20.5 Å². The molecule has 0 aliphatic carbocycles. The van der Waals surface area contributed by atoms with Crippen LogP contribution in [0.1, 0.15) is 11.1 Å². The van der Waals surface area contributed by atoms with Crippen molar-refractivity contribution in [2.75, 3.05) is 12.5 Å². The molecule has 0 amide bonds. The second-order valence-corrected chi connectivity index (χ2v) is 4.86. The van der Waals surface area contributed by atoms with Crippen molar-refractivity contribution in [3.05, 3.63) is 59.9 Å². The molecular formula is C17H16N4O. The molecule has 3 aromatic rings. The summed E-state index contributed by atoms with van der Waals surface area (Å²) in [4.78, 5) is 8.53. The molecule has 22 heavy (non-hydrogen) atoms. The maximum absolute atomic E-state index is 5.25. The highest BCUT2D eigenvalue weighted by Gasteiger charge is 2.03. The van der Waals surface area contributed by atoms with Gasteiger partial charge >= 0.3 is 0 Å². The molecule has 0 unspecified atom stereocenters. The Hall–Kier alpha value is -2.95. The summed E-state index contributed by atoms with van der Waals surface area (Å²) in [5.41, 5.74) is 5.94. The number of rotatable bonds is 4. The monoisotopic (exact) mass is 292 g/mol. The van der Waals surface area contributed by atoms with E-state index < -0.39 is 0 Å². The standard InChI is InChI=1S/C17H16N4O/c1-12-9-17(21-19-11-13-5-7-18-8-6-13)20-16-10-14(22-2)3-4-15(12)16/h3-11H,1-2H3,(H,20,21). The molecule has 1 aromatic carbocycles. The van der Waals surface area contributed by atoms with Crippen LogP contribution in [0.2, 0.25) is 0 Å². The Kier molecular flexibility index (Phi) is 3.96. The van der Waals surface area contributed by atoms with Crippen molar-refractivity contribution in [3.8, 4) is 5.75 Å². The number of hydrogen-bond donors (Lipinski definition) is 1. The van der Waals surface area contributed by atoms with Gasteiger partial charge in [-0.3, -0.25) is 10.4 Å². The predicted molar refractivity (Wildman–Crippen MR) is 88.5 cm³/mol. The lowest BCUT2D eigenvalue weighted by Crippen LogP contribution is -1.96. The van der Waals surface area contributed by atoms with E-state index in [0.29, 0.717) is 5.82 Å². The van der Waals surface area contributed by atoms with Crippen LogP contribution in [-0.2, 0) is 0 Å². The third kappa shape index (κ3) is 3.03. The fraction of sp³-hybridized carbons (Fsp3) is 0.118. The van der Waals surface area contributed by atoms with Gasteiger partial charge in [0, 0.05) is 23.8 Å². The SMILES string of the molecule is COc1ccc2c(C)cc(NN=Cc3ccncc3)nc2c1. The Morgan fingerprint density at radius 1 is 1.14 bits per heavy atom. The van der Waals surface area contributed by atoms with Crippen LogP contribution in [0, 0.1) is 6.92 Å². The Labute approximate surface area is 128 Å². The highest BCUT2D eigenvalue weighted by Crippen LogP contribution is 2.24. The van der Waals surface area contributed by atoms with E-state index in [9.17, 15) is 0 Å². The molecule has 0 bridgehead atoms. The van der Waals surface area contributed by atoms with Gasteiger partial charge in [0.15, 0.2) is 0 Å². The molecule has 3 rings (SSSR count). The van der Waals surface area contributed by atoms with Crippen LogP contribution in [0.5, 0.6) is 5.75 Å². The van der Waals surface area contributed by atoms with Crippen LogP contribution < -0.4 is 10.2 Å². The van der Waals surface area contributed by atoms with Crippen LogP contribution in [0.4, 0.5) is 5.82 Å². The molecule has 0 saturated heterocycles. The fourth-order valence-electron chi connectivity index (χ4n) is 2.19. The van der Waals surface area contributed by atoms with Gasteiger partial charge in [0.05, 0.1) is 18.8 Å². The Bertz CT molecular complexity index is 816. The topological polar surface area (TPSA) is 59.4 Å². The molecule has 5 nitrogen and oxygen atoms in total. The first-order chi connectivity index (χ1) is 10.8. The van der Waals surface area contributed by atoms with Crippen molar-refractivity contribution in [1.29, 1.82) is 0 Å². The Morgan fingerprint density at radius 3 is 2.73 bits per heavy atom. The summed E-state index contributed by atoms with van der Waals surface area (Å²) >= 11 is 0. The van der Waals surface area contributed by atoms with Gasteiger partial charge in [0.2, 0.25) is 0 Å². The molecule has 2 heterocycles. The molecule has 5 heteroatoms. The van der Waals surface area contributed by atoms with Gasteiger partial charge in [-0.2, -0.15) is 5.10 Å². The Balaban J connectivity index is 1.86. The number of aryl methyl sites for hydroxylation is 1. The van der Waals surface area contributed by atoms with Crippen molar-refractivity contribution in [3.63, 3.8) is 0 Å². The first kappa shape index (κ1) is 14.0. The molecule has 0 aliphatic rings. The zero-order valence-corrected chi connectivity index (χ0v) is 12.4. The average molecular weight is 292 g/mol. The number of methoxy groups -OCH3 is 1. The molecule has 0 spiro atoms. The summed E-state index contributed by atoms with van der Waals surface area (Å²) < 4.78 is 5.25. The number of benzene rings is 1. The third-order valence-electron chi connectivity index (χ3n) is 3.32. The van der Waals surface area contributed by atoms with E-state index in [1.165, 1.54) is 0 Å². The van der Waals surface area contributed by atoms with E-state index in [-0.39, 0.29) is 0 Å². The molecule has 0 radical (unpaired) electrons. The van der Waals surface area contributed by atoms with Crippen molar-refractivity contribution in [1.82, 2.24) is 9.97 Å². The number of nitrogens with one attached hydrogen (secondary N) is 1. The maximum atomic E-state index is 5.25. The minimum absolute atomic E-state index is 0.698. The predicted octanol–water partition coefficient (Wildman–Crippen LogP) is 3.39. The van der Waals surface area contributed by atoms with Gasteiger partial charge in [-0.25, -0.2) is 4.98 Å². The maximum Gasteiger partial charge on any atom is 0.147 e. The minimum atomic E-state index is 0.698. The second kappa shape index (κ2) is 6.22. The van der Waals surface area contributed by atoms with E-state index >= 15 is 0 Å². The van der Waals surface area contributed by atoms with Gasteiger partial charge in [0.1, 0.15) is 11.6 Å². The number of fused-ring (bicyclic) bond motifs is 1. The lowest BCUT2D eigenvalue weighted by Gasteiger charge is -2.07. The molecular weight excluding hydrogens is 276 g/mol. The zero-order chi connectivity index (χ0) is 15.4. The van der Waals surface area contributed by atoms with Crippen LogP contribution in [-0.4, -0.2) is 23.3 Å². The summed E-state index contributed by atoms with van der Waals surface area (Å²) in [5.74, 6) is 1.49. The molecule has 0 fully saturated rings. The van der Waals surface area contributed by atoms with Crippen LogP contribution >= 0.6 is 0 Å². The summed E-state index contributed by atoms with van der Waals surface area (Å²) in [6.07, 6.45) is 5.19. The lowest BCUT2D eigenvalue weighted by atomic mass is 10.1. The number of hydrogen-bond acceptors (Lipinski definition) is 5. The smallest absolute Gasteiger partial charge is 0.147 e. The van der Waals surface area contributed by atoms with E-state index in [4.69, 9.17) is 4.74 Å². The summed E-state index contributed by atoms with van der Waals surface area (Å²) in [6, 6.07) is 11.6. The average Bonchev–Trinajstić information content (AvgIpc) is 2.55. The van der Waals surface area contributed by atoms with E-state index in [0.717, 1.165) is 27.8 Å². The second-order valence-electron chi connectivity index (χ2n) is 4.86. The Morgan fingerprint density at radius 2 is 1.95 bits per heavy atom. The van der Waals surface area contributed by atoms with Crippen molar-refractivity contribution in [2.45, 2.75) is 6.92 Å². The van der Waals surface area contributed by atoms with Crippen molar-refractivity contribution >= 4 is 22.9 Å². The first-order valence-electron chi connectivity index (χ1n) is 6.91. The molecule has 110 valence electrons. The molecule has 0 aliphatic heterocycles. The van der Waals surface area contributed by atoms with Gasteiger partial charge in [-0.05, 0) is 48.4 Å². The summed E-state index contributed by atoms with van der Waals surface area (Å²) in [5, 5.41) is 5.31. The van der Waals surface area contributed by atoms with Crippen LogP contribution in [0.3, 0.4) is 0 Å². The van der Waals surface area contributed by atoms with E-state index in [1.807, 2.05) is 43.3 Å². The first-order valence-corrected chi connectivity index (χ1v) is 6.91. The third-order valence-corrected chi connectivity index (χ3v) is 3.32. The molecule has 0 atom stereocenters. The van der Waals surface area contributed by atoms with Gasteiger partial charge < -0.3 is 4.74 Å². The minimum Gasteiger partial charge on any atom is -0.497 e. The van der Waals surface area contributed by atoms with E-state index in [1.54, 1.807) is 25.7 Å². The van der Waals surface area contributed by atoms with Crippen LogP contribution in [0.25, 0.3) is 10.9 Å². The van der Waals surface area contributed by atoms with Crippen molar-refractivity contribution in [2.24, 2.45) is 5.10 Å². The van der Waals surface area contributed by atoms with Gasteiger partial charge in [-0.15, -0.1) is 0 Å². The van der Waals surface area contributed by atoms with Gasteiger partial charge in [0.25, 0.3) is 0 Å². The summed E-state index contributed by atoms with van der Waals surface area (Å²) in [6.45, 7) is 2.05. The van der Waals surface area contributed by atoms with Crippen molar-refractivity contribution < 1.29 is 4.74 Å². The lowest BCUT2D eigenvalue weighted by molar-refractivity contribution is 0.415. The number of ether oxygens (including phenoxy) is 1. The van der Waals surface area contributed by atoms with Crippen LogP contribution in [0.15, 0.2) is 53.9 Å². The number of anilines is 1. The molecule has 2 aromatic heterocycles. The quantitative estimate of drug-likeness (QED) is 0.591. The summed E-state index contributed by atoms with van der Waals surface area (Å²) in [7, 11) is 1.65. The van der Waals surface area contributed by atoms with Gasteiger partial charge in [-0.1, -0.05) is 0 Å². The highest BCUT2D eigenvalue weighted by molar-refractivity contribution is 5.85. The molecule has 0 saturated carbocycles. The number of hydrazone groups is 1. The number of pyridine rings is 2. The highest BCUT2D eigenvalue weighted by atomic mass is 16.5. The normalized spacial score (nSPS) is 11.0.